The van der Waals surface area contributed by atoms with Crippen LogP contribution in [0.4, 0.5) is 0 Å². The summed E-state index contributed by atoms with van der Waals surface area (Å²) in [5, 5.41) is 0. The van der Waals surface area contributed by atoms with Crippen LogP contribution in [0.15, 0.2) is 24.4 Å². The topological polar surface area (TPSA) is 3.88 Å². The molecule has 1 aromatic heterocycles. The van der Waals surface area contributed by atoms with Crippen molar-refractivity contribution in [3.63, 3.8) is 0 Å². The standard InChI is InChI=1S/C37H70N/c1-3-5-7-9-11-13-15-17-19-21-23-25-27-29-33-37-34-30-32-36-38(37)35-31-28-26-24-22-20-18-16-14-12-10-8-6-4-2/h30,32,34,36H,3-29,31,33,35H2,1-2H3/q+1. The van der Waals surface area contributed by atoms with Crippen molar-refractivity contribution in [3.8, 4) is 0 Å². The fourth-order valence-electron chi connectivity index (χ4n) is 5.93. The van der Waals surface area contributed by atoms with Crippen LogP contribution in [0, 0.1) is 0 Å². The minimum Gasteiger partial charge on any atom is -0.202 e. The number of pyridine rings is 1. The van der Waals surface area contributed by atoms with E-state index in [4.69, 9.17) is 0 Å². The highest BCUT2D eigenvalue weighted by molar-refractivity contribution is 4.97. The van der Waals surface area contributed by atoms with Gasteiger partial charge in [0, 0.05) is 25.0 Å². The third kappa shape index (κ3) is 23.1. The monoisotopic (exact) mass is 529 g/mol. The first kappa shape index (κ1) is 35.2. The maximum absolute atomic E-state index is 2.54. The van der Waals surface area contributed by atoms with Gasteiger partial charge in [-0.3, -0.25) is 0 Å². The first-order chi connectivity index (χ1) is 18.9. The van der Waals surface area contributed by atoms with Crippen LogP contribution in [0.2, 0.25) is 0 Å². The summed E-state index contributed by atoms with van der Waals surface area (Å²) in [5.41, 5.74) is 1.56. The quantitative estimate of drug-likeness (QED) is 0.0690. The Morgan fingerprint density at radius 2 is 0.737 bits per heavy atom. The first-order valence-corrected chi connectivity index (χ1v) is 17.9. The molecule has 0 aliphatic carbocycles. The summed E-state index contributed by atoms with van der Waals surface area (Å²) in [6, 6.07) is 6.82. The van der Waals surface area contributed by atoms with Crippen LogP contribution in [0.1, 0.15) is 199 Å². The van der Waals surface area contributed by atoms with Crippen LogP contribution in [0.25, 0.3) is 0 Å². The summed E-state index contributed by atoms with van der Waals surface area (Å²) in [7, 11) is 0. The molecule has 1 aromatic rings. The molecule has 0 radical (unpaired) electrons. The minimum atomic E-state index is 1.22. The van der Waals surface area contributed by atoms with Crippen molar-refractivity contribution < 1.29 is 4.57 Å². The number of hydrogen-bond donors (Lipinski definition) is 0. The second kappa shape index (κ2) is 29.1. The predicted octanol–water partition coefficient (Wildman–Crippen LogP) is 12.5. The lowest BCUT2D eigenvalue weighted by atomic mass is 10.0. The maximum Gasteiger partial charge on any atom is 0.181 e. The van der Waals surface area contributed by atoms with Gasteiger partial charge >= 0.3 is 0 Å². The molecule has 0 fully saturated rings. The molecule has 0 saturated heterocycles. The van der Waals surface area contributed by atoms with Crippen LogP contribution in [-0.2, 0) is 13.0 Å². The summed E-state index contributed by atoms with van der Waals surface area (Å²) in [5.74, 6) is 0. The molecule has 1 nitrogen and oxygen atoms in total. The van der Waals surface area contributed by atoms with E-state index in [2.05, 4.69) is 42.8 Å². The van der Waals surface area contributed by atoms with E-state index < -0.39 is 0 Å². The molecule has 0 atom stereocenters. The van der Waals surface area contributed by atoms with Gasteiger partial charge in [-0.1, -0.05) is 180 Å². The largest absolute Gasteiger partial charge is 0.202 e. The Hall–Kier alpha value is -0.850. The van der Waals surface area contributed by atoms with E-state index in [0.717, 1.165) is 0 Å². The highest BCUT2D eigenvalue weighted by atomic mass is 14.9. The summed E-state index contributed by atoms with van der Waals surface area (Å²) in [6.45, 7) is 5.83. The van der Waals surface area contributed by atoms with Crippen LogP contribution in [0.5, 0.6) is 0 Å². The van der Waals surface area contributed by atoms with E-state index in [0.29, 0.717) is 0 Å². The second-order valence-electron chi connectivity index (χ2n) is 12.3. The van der Waals surface area contributed by atoms with E-state index in [1.54, 1.807) is 5.69 Å². The van der Waals surface area contributed by atoms with Crippen molar-refractivity contribution in [2.45, 2.75) is 207 Å². The van der Waals surface area contributed by atoms with Gasteiger partial charge in [0.1, 0.15) is 6.54 Å². The van der Waals surface area contributed by atoms with Crippen LogP contribution in [0.3, 0.4) is 0 Å². The lowest BCUT2D eigenvalue weighted by Gasteiger charge is -2.06. The van der Waals surface area contributed by atoms with E-state index in [9.17, 15) is 0 Å². The molecule has 0 N–H and O–H groups in total. The molecule has 1 rings (SSSR count). The molecule has 0 aliphatic heterocycles. The van der Waals surface area contributed by atoms with Crippen molar-refractivity contribution in [1.82, 2.24) is 0 Å². The molecule has 0 bridgehead atoms. The molecule has 38 heavy (non-hydrogen) atoms. The van der Waals surface area contributed by atoms with E-state index in [1.165, 1.54) is 193 Å². The Bertz CT molecular complexity index is 529. The average molecular weight is 529 g/mol. The van der Waals surface area contributed by atoms with Gasteiger partial charge in [0.15, 0.2) is 11.9 Å². The van der Waals surface area contributed by atoms with Gasteiger partial charge in [-0.2, -0.15) is 0 Å². The molecule has 0 amide bonds. The number of hydrogen-bond acceptors (Lipinski definition) is 0. The molecule has 1 heteroatoms. The van der Waals surface area contributed by atoms with Gasteiger partial charge in [0.25, 0.3) is 0 Å². The first-order valence-electron chi connectivity index (χ1n) is 17.9. The molecule has 0 saturated carbocycles. The molecule has 222 valence electrons. The van der Waals surface area contributed by atoms with Crippen LogP contribution in [-0.4, -0.2) is 0 Å². The van der Waals surface area contributed by atoms with Gasteiger partial charge < -0.3 is 0 Å². The zero-order valence-electron chi connectivity index (χ0n) is 26.5. The van der Waals surface area contributed by atoms with E-state index in [1.807, 2.05) is 0 Å². The average Bonchev–Trinajstić information content (AvgIpc) is 2.94. The summed E-state index contributed by atoms with van der Waals surface area (Å²) in [4.78, 5) is 0. The van der Waals surface area contributed by atoms with E-state index >= 15 is 0 Å². The summed E-state index contributed by atoms with van der Waals surface area (Å²) >= 11 is 0. The highest BCUT2D eigenvalue weighted by Gasteiger charge is 2.08. The van der Waals surface area contributed by atoms with Crippen molar-refractivity contribution in [1.29, 1.82) is 0 Å². The lowest BCUT2D eigenvalue weighted by molar-refractivity contribution is -0.704. The molecule has 1 heterocycles. The van der Waals surface area contributed by atoms with Crippen LogP contribution < -0.4 is 4.57 Å². The van der Waals surface area contributed by atoms with Crippen molar-refractivity contribution in [2.75, 3.05) is 0 Å². The Morgan fingerprint density at radius 1 is 0.395 bits per heavy atom. The Morgan fingerprint density at radius 3 is 1.13 bits per heavy atom. The third-order valence-electron chi connectivity index (χ3n) is 8.57. The Kier molecular flexibility index (Phi) is 27.0. The van der Waals surface area contributed by atoms with Gasteiger partial charge in [0.2, 0.25) is 0 Å². The summed E-state index contributed by atoms with van der Waals surface area (Å²) < 4.78 is 2.54. The SMILES string of the molecule is CCCCCCCCCCCCCCCCc1cccc[n+]1CCCCCCCCCCCCCCCC. The second-order valence-corrected chi connectivity index (χ2v) is 12.3. The van der Waals surface area contributed by atoms with E-state index in [-0.39, 0.29) is 0 Å². The van der Waals surface area contributed by atoms with Gasteiger partial charge in [-0.25, -0.2) is 4.57 Å². The zero-order chi connectivity index (χ0) is 27.2. The smallest absolute Gasteiger partial charge is 0.181 e. The summed E-state index contributed by atoms with van der Waals surface area (Å²) in [6.07, 6.45) is 43.9. The molecule has 0 aromatic carbocycles. The maximum atomic E-state index is 2.54. The Balaban J connectivity index is 1.92. The Labute approximate surface area is 241 Å². The molecule has 0 unspecified atom stereocenters. The third-order valence-corrected chi connectivity index (χ3v) is 8.57. The highest BCUT2D eigenvalue weighted by Crippen LogP contribution is 2.15. The number of aromatic nitrogens is 1. The van der Waals surface area contributed by atoms with Gasteiger partial charge in [0.05, 0.1) is 0 Å². The normalized spacial score (nSPS) is 11.4. The minimum absolute atomic E-state index is 1.22. The van der Waals surface area contributed by atoms with Crippen LogP contribution >= 0.6 is 0 Å². The molecule has 0 aliphatic rings. The molecular formula is C37H70N+. The van der Waals surface area contributed by atoms with Gasteiger partial charge in [-0.05, 0) is 12.8 Å². The van der Waals surface area contributed by atoms with Crippen molar-refractivity contribution >= 4 is 0 Å². The fourth-order valence-corrected chi connectivity index (χ4v) is 5.93. The number of nitrogens with zero attached hydrogens (tertiary/aromatic N) is 1. The molecule has 0 spiro atoms. The van der Waals surface area contributed by atoms with Crippen molar-refractivity contribution in [3.05, 3.63) is 30.1 Å². The van der Waals surface area contributed by atoms with Gasteiger partial charge in [-0.15, -0.1) is 0 Å². The zero-order valence-corrected chi connectivity index (χ0v) is 26.5. The number of unbranched alkanes of at least 4 members (excludes halogenated alkanes) is 26. The predicted molar refractivity (Wildman–Crippen MR) is 171 cm³/mol. The number of rotatable bonds is 30. The fraction of sp³-hybridized carbons (Fsp3) is 0.865. The lowest BCUT2D eigenvalue weighted by Crippen LogP contribution is -2.37. The number of aryl methyl sites for hydroxylation is 2. The van der Waals surface area contributed by atoms with Crippen molar-refractivity contribution in [2.24, 2.45) is 0 Å². The molecular weight excluding hydrogens is 458 g/mol.